The first-order chi connectivity index (χ1) is 60.0. The van der Waals surface area contributed by atoms with Crippen molar-refractivity contribution in [3.8, 4) is 45.0 Å². The maximum absolute atomic E-state index is 12.2. The topological polar surface area (TPSA) is 126 Å². The van der Waals surface area contributed by atoms with Gasteiger partial charge in [-0.1, -0.05) is 223 Å². The number of carbonyl (C=O) groups is 2. The summed E-state index contributed by atoms with van der Waals surface area (Å²) in [6.45, 7) is 36.3. The summed E-state index contributed by atoms with van der Waals surface area (Å²) in [5.74, 6) is 0.0567. The second kappa shape index (κ2) is 49.7. The van der Waals surface area contributed by atoms with Crippen LogP contribution >= 0.6 is 0 Å². The van der Waals surface area contributed by atoms with Crippen LogP contribution in [0.2, 0.25) is 0 Å². The molecule has 2 atom stereocenters. The Morgan fingerprint density at radius 1 is 0.395 bits per heavy atom. The second-order valence-corrected chi connectivity index (χ2v) is 34.0. The maximum Gasteiger partial charge on any atom is 0.239 e. The number of hydrogen-bond acceptors (Lipinski definition) is 8. The summed E-state index contributed by atoms with van der Waals surface area (Å²) in [4.78, 5) is 41.5. The molecule has 4 aromatic heterocycles. The first-order valence-corrected chi connectivity index (χ1v) is 44.1. The summed E-state index contributed by atoms with van der Waals surface area (Å²) in [6, 6.07) is 61.3. The van der Waals surface area contributed by atoms with Crippen LogP contribution in [0.25, 0.3) is 88.1 Å². The molecule has 662 valence electrons. The van der Waals surface area contributed by atoms with E-state index in [1.807, 2.05) is 79.1 Å². The van der Waals surface area contributed by atoms with E-state index in [-0.39, 0.29) is 99.6 Å². The van der Waals surface area contributed by atoms with Crippen molar-refractivity contribution in [2.45, 2.75) is 264 Å². The van der Waals surface area contributed by atoms with E-state index in [9.17, 15) is 37.4 Å². The quantitative estimate of drug-likeness (QED) is 0.0265. The van der Waals surface area contributed by atoms with Crippen LogP contribution in [0.15, 0.2) is 194 Å². The second-order valence-electron chi connectivity index (χ2n) is 34.0. The fraction of sp³-hybridized carbons (Fsp3) is 0.400. The first kappa shape index (κ1) is 95.5. The number of alkyl halides is 4. The Labute approximate surface area is 769 Å². The number of fused-ring (bicyclic) bond motifs is 4. The number of hydrogen-bond donors (Lipinski definition) is 2. The summed E-state index contributed by atoms with van der Waals surface area (Å²) >= 11 is 0. The fourth-order valence-corrected chi connectivity index (χ4v) is 16.8. The predicted octanol–water partition coefficient (Wildman–Crippen LogP) is 31.1. The van der Waals surface area contributed by atoms with Gasteiger partial charge < -0.3 is 30.1 Å². The molecule has 4 heterocycles. The molecular formula is C110H128F4Ir2N4O4-4. The van der Waals surface area contributed by atoms with Gasteiger partial charge in [0.2, 0.25) is 12.9 Å². The molecule has 2 N–H and O–H groups in total. The van der Waals surface area contributed by atoms with E-state index in [2.05, 4.69) is 222 Å². The molecule has 12 aromatic rings. The van der Waals surface area contributed by atoms with Crippen LogP contribution in [0.5, 0.6) is 0 Å². The smallest absolute Gasteiger partial charge is 0.239 e. The SMILES string of the molecule is CCC(CC)C(=O)C=C(O)C(CC)CC(F)F.CCC(CC)C(=O)C=C(O)C(CC)CC(F)F.Cc1[c-]c(-c2nccc3cc(C(C)C)ccc23)cc(C)c1.Cc1[c-]c(-c2nccc3cc(C4CCCC4)ccc23)cc(C)c1.[2H]c1nc(-c2[c-]c(C)cc(C)c2)c2ccc(C(C)C)cc2c1[2H].[2H]c1nc(-c2[c-]c(C)cc(C)c2)c2ccc(C3CCCC3)cc2c1[2H].[Ir].[Ir]. The van der Waals surface area contributed by atoms with Crippen molar-refractivity contribution in [1.82, 2.24) is 19.9 Å². The van der Waals surface area contributed by atoms with Crippen molar-refractivity contribution in [2.75, 3.05) is 0 Å². The van der Waals surface area contributed by atoms with Crippen LogP contribution in [0, 0.1) is 103 Å². The number of aryl methyl sites for hydroxylation is 8. The van der Waals surface area contributed by atoms with E-state index in [1.165, 1.54) is 112 Å². The maximum atomic E-state index is 12.2. The summed E-state index contributed by atoms with van der Waals surface area (Å²) in [6.07, 6.45) is 14.5. The van der Waals surface area contributed by atoms with E-state index in [0.29, 0.717) is 56.3 Å². The Balaban J connectivity index is 0.000000211. The van der Waals surface area contributed by atoms with Crippen LogP contribution in [0.1, 0.15) is 268 Å². The number of allylic oxidation sites excluding steroid dienone is 4. The number of halogens is 4. The Kier molecular flexibility index (Phi) is 38.2. The van der Waals surface area contributed by atoms with E-state index >= 15 is 0 Å². The largest absolute Gasteiger partial charge is 0.512 e. The van der Waals surface area contributed by atoms with Gasteiger partial charge in [0.15, 0.2) is 11.6 Å². The zero-order chi connectivity index (χ0) is 91.9. The van der Waals surface area contributed by atoms with Gasteiger partial charge in [0.25, 0.3) is 0 Å². The van der Waals surface area contributed by atoms with Crippen molar-refractivity contribution >= 4 is 54.7 Å². The molecule has 8 nitrogen and oxygen atoms in total. The molecule has 0 bridgehead atoms. The molecule has 2 radical (unpaired) electrons. The first-order valence-electron chi connectivity index (χ1n) is 46.1. The molecule has 0 spiro atoms. The number of carbonyl (C=O) groups excluding carboxylic acids is 2. The average Bonchev–Trinajstić information content (AvgIpc) is 1.17. The normalized spacial score (nSPS) is 13.9. The van der Waals surface area contributed by atoms with Gasteiger partial charge in [0.05, 0.1) is 17.0 Å². The van der Waals surface area contributed by atoms with E-state index in [1.54, 1.807) is 13.8 Å². The Hall–Kier alpha value is -9.16. The van der Waals surface area contributed by atoms with Crippen molar-refractivity contribution in [2.24, 2.45) is 23.7 Å². The zero-order valence-corrected chi connectivity index (χ0v) is 80.6. The molecule has 0 saturated heterocycles. The number of rotatable bonds is 24. The monoisotopic (exact) mass is 2030 g/mol. The molecule has 2 aliphatic carbocycles. The Bertz CT molecular complexity index is 5660. The zero-order valence-electron chi connectivity index (χ0n) is 79.8. The summed E-state index contributed by atoms with van der Waals surface area (Å²) in [5, 5.41) is 27.8. The molecule has 2 fully saturated rings. The molecule has 8 aromatic carbocycles. The third-order valence-electron chi connectivity index (χ3n) is 23.6. The molecule has 2 saturated carbocycles. The van der Waals surface area contributed by atoms with Crippen LogP contribution in [0.4, 0.5) is 17.6 Å². The third-order valence-corrected chi connectivity index (χ3v) is 23.6. The number of pyridine rings is 4. The molecule has 14 rings (SSSR count). The standard InChI is InChI=1S/2C22H22N.2C20H20N.2C13H22F2O2.2Ir/c2*1-15-11-16(2)13-20(12-15)22-21-8-7-18(17-5-3-4-6-17)14-19(21)9-10-23-22;2*1-13(2)16-5-6-19-17(12-16)7-8-21-20(19)18-10-14(3)9-15(4)11-18;2*1-4-9(5-2)11(16)8-12(17)10(6-3)7-13(14)15;;/h2*7-12,14,17H,3-6H2,1-2H3;2*5-10,12-13H,1-4H3;2*8-10,13,17H,4-7H2,1-3H3;;/q4*-1;;;;/i9D,10D;;7D,8D;;;;;. The molecule has 0 amide bonds. The Morgan fingerprint density at radius 2 is 0.677 bits per heavy atom. The number of aliphatic hydroxyl groups is 2. The minimum atomic E-state index is -2.46. The molecule has 124 heavy (non-hydrogen) atoms. The third kappa shape index (κ3) is 28.9. The van der Waals surface area contributed by atoms with Crippen molar-refractivity contribution < 1.29 is 83.1 Å². The summed E-state index contributed by atoms with van der Waals surface area (Å²) < 4.78 is 81.7. The molecule has 2 unspecified atom stereocenters. The van der Waals surface area contributed by atoms with Crippen LogP contribution < -0.4 is 0 Å². The summed E-state index contributed by atoms with van der Waals surface area (Å²) in [7, 11) is 0. The molecule has 0 aliphatic heterocycles. The molecule has 2 aliphatic rings. The van der Waals surface area contributed by atoms with Crippen molar-refractivity contribution in [3.05, 3.63) is 285 Å². The van der Waals surface area contributed by atoms with Gasteiger partial charge >= 0.3 is 0 Å². The predicted molar refractivity (Wildman–Crippen MR) is 501 cm³/mol. The van der Waals surface area contributed by atoms with Crippen molar-refractivity contribution in [3.63, 3.8) is 0 Å². The van der Waals surface area contributed by atoms with Gasteiger partial charge in [-0.3, -0.25) is 9.59 Å². The fourth-order valence-electron chi connectivity index (χ4n) is 16.8. The minimum Gasteiger partial charge on any atom is -0.512 e. The number of aliphatic hydroxyl groups excluding tert-OH is 2. The molecular weight excluding hydrogens is 1900 g/mol. The van der Waals surface area contributed by atoms with Crippen LogP contribution in [0.3, 0.4) is 0 Å². The number of nitrogens with zero attached hydrogens (tertiary/aromatic N) is 4. The van der Waals surface area contributed by atoms with Gasteiger partial charge in [-0.15, -0.1) is 140 Å². The van der Waals surface area contributed by atoms with Crippen molar-refractivity contribution in [1.29, 1.82) is 0 Å². The van der Waals surface area contributed by atoms with Crippen LogP contribution in [-0.4, -0.2) is 54.6 Å². The number of ketones is 2. The number of benzene rings is 8. The van der Waals surface area contributed by atoms with E-state index in [4.69, 9.17) is 5.48 Å². The van der Waals surface area contributed by atoms with Gasteiger partial charge in [0, 0.05) is 114 Å². The molecule has 14 heteroatoms. The minimum absolute atomic E-state index is 0. The Morgan fingerprint density at radius 3 is 0.984 bits per heavy atom. The van der Waals surface area contributed by atoms with Gasteiger partial charge in [0.1, 0.15) is 0 Å². The summed E-state index contributed by atoms with van der Waals surface area (Å²) in [5.41, 5.74) is 22.1. The van der Waals surface area contributed by atoms with Gasteiger partial charge in [-0.25, -0.2) is 17.6 Å². The van der Waals surface area contributed by atoms with Gasteiger partial charge in [-0.05, 0) is 200 Å². The van der Waals surface area contributed by atoms with Crippen LogP contribution in [-0.2, 0) is 49.8 Å². The van der Waals surface area contributed by atoms with E-state index in [0.717, 1.165) is 112 Å². The average molecular weight is 2030 g/mol. The van der Waals surface area contributed by atoms with E-state index < -0.39 is 37.5 Å². The van der Waals surface area contributed by atoms with Gasteiger partial charge in [-0.2, -0.15) is 0 Å². The number of aromatic nitrogens is 4.